The number of rotatable bonds is 3. The molecule has 16 heavy (non-hydrogen) atoms. The van der Waals surface area contributed by atoms with E-state index in [1.54, 1.807) is 0 Å². The largest absolute Gasteiger partial charge is 0.367 e. The lowest BCUT2D eigenvalue weighted by Gasteiger charge is -2.27. The van der Waals surface area contributed by atoms with E-state index < -0.39 is 0 Å². The minimum atomic E-state index is -0.113. The summed E-state index contributed by atoms with van der Waals surface area (Å²) >= 11 is 0. The summed E-state index contributed by atoms with van der Waals surface area (Å²) in [6.07, 6.45) is 0.789. The molecule has 86 valence electrons. The minimum absolute atomic E-state index is 0.113. The molecule has 0 bridgehead atoms. The van der Waals surface area contributed by atoms with Gasteiger partial charge in [-0.2, -0.15) is 10.2 Å². The standard InChI is InChI=1S/C10H14N4O2/c1-14-5-6-15-8(7-14)10-12-9(16-13-10)3-2-4-11/h8H,2-3,5-7H2,1H3. The summed E-state index contributed by atoms with van der Waals surface area (Å²) in [5, 5.41) is 12.3. The van der Waals surface area contributed by atoms with E-state index in [2.05, 4.69) is 15.0 Å². The third-order valence-corrected chi connectivity index (χ3v) is 2.49. The summed E-state index contributed by atoms with van der Waals surface area (Å²) < 4.78 is 10.6. The number of nitriles is 1. The summed E-state index contributed by atoms with van der Waals surface area (Å²) in [6.45, 7) is 2.39. The molecule has 2 rings (SSSR count). The fourth-order valence-corrected chi connectivity index (χ4v) is 1.60. The monoisotopic (exact) mass is 222 g/mol. The van der Waals surface area contributed by atoms with Crippen LogP contribution in [0.1, 0.15) is 24.2 Å². The van der Waals surface area contributed by atoms with Crippen molar-refractivity contribution >= 4 is 0 Å². The zero-order valence-corrected chi connectivity index (χ0v) is 9.22. The van der Waals surface area contributed by atoms with Crippen molar-refractivity contribution in [3.8, 4) is 6.07 Å². The van der Waals surface area contributed by atoms with Crippen LogP contribution in [-0.2, 0) is 11.2 Å². The Morgan fingerprint density at radius 2 is 2.50 bits per heavy atom. The molecule has 0 saturated carbocycles. The van der Waals surface area contributed by atoms with Crippen LogP contribution < -0.4 is 0 Å². The summed E-state index contributed by atoms with van der Waals surface area (Å²) in [4.78, 5) is 6.39. The molecule has 0 N–H and O–H groups in total. The maximum absolute atomic E-state index is 8.45. The second-order valence-corrected chi connectivity index (χ2v) is 3.83. The lowest BCUT2D eigenvalue weighted by Crippen LogP contribution is -2.35. The average molecular weight is 222 g/mol. The first-order valence-corrected chi connectivity index (χ1v) is 5.29. The van der Waals surface area contributed by atoms with E-state index in [1.165, 1.54) is 0 Å². The smallest absolute Gasteiger partial charge is 0.227 e. The summed E-state index contributed by atoms with van der Waals surface area (Å²) in [5.41, 5.74) is 0. The van der Waals surface area contributed by atoms with E-state index in [4.69, 9.17) is 14.5 Å². The fraction of sp³-hybridized carbons (Fsp3) is 0.700. The van der Waals surface area contributed by atoms with Gasteiger partial charge >= 0.3 is 0 Å². The SMILES string of the molecule is CN1CCOC(c2noc(CCC#N)n2)C1. The molecule has 6 heteroatoms. The van der Waals surface area contributed by atoms with E-state index in [9.17, 15) is 0 Å². The second-order valence-electron chi connectivity index (χ2n) is 3.83. The molecular formula is C10H14N4O2. The molecule has 1 saturated heterocycles. The molecule has 6 nitrogen and oxygen atoms in total. The Bertz CT molecular complexity index is 384. The molecule has 0 amide bonds. The first-order valence-electron chi connectivity index (χ1n) is 5.29. The van der Waals surface area contributed by atoms with Gasteiger partial charge in [0, 0.05) is 25.9 Å². The van der Waals surface area contributed by atoms with Crippen molar-refractivity contribution in [1.29, 1.82) is 5.26 Å². The van der Waals surface area contributed by atoms with Crippen LogP contribution >= 0.6 is 0 Å². The molecule has 1 fully saturated rings. The predicted octanol–water partition coefficient (Wildman–Crippen LogP) is 0.529. The van der Waals surface area contributed by atoms with E-state index in [-0.39, 0.29) is 6.10 Å². The van der Waals surface area contributed by atoms with Crippen LogP contribution in [0, 0.1) is 11.3 Å². The van der Waals surface area contributed by atoms with Gasteiger partial charge in [0.15, 0.2) is 0 Å². The van der Waals surface area contributed by atoms with Crippen LogP contribution in [-0.4, -0.2) is 41.8 Å². The molecule has 1 aromatic rings. The van der Waals surface area contributed by atoms with Gasteiger partial charge < -0.3 is 14.2 Å². The normalized spacial score (nSPS) is 21.9. The van der Waals surface area contributed by atoms with Crippen molar-refractivity contribution in [2.24, 2.45) is 0 Å². The molecule has 1 aliphatic rings. The number of hydrogen-bond acceptors (Lipinski definition) is 6. The van der Waals surface area contributed by atoms with Crippen molar-refractivity contribution in [3.63, 3.8) is 0 Å². The van der Waals surface area contributed by atoms with Crippen molar-refractivity contribution in [3.05, 3.63) is 11.7 Å². The number of morpholine rings is 1. The van der Waals surface area contributed by atoms with Gasteiger partial charge in [0.2, 0.25) is 11.7 Å². The number of ether oxygens (including phenoxy) is 1. The van der Waals surface area contributed by atoms with E-state index in [0.29, 0.717) is 31.2 Å². The first kappa shape index (κ1) is 11.0. The number of likely N-dealkylation sites (N-methyl/N-ethyl adjacent to an activating group) is 1. The maximum Gasteiger partial charge on any atom is 0.227 e. The van der Waals surface area contributed by atoms with Crippen LogP contribution in [0.4, 0.5) is 0 Å². The third kappa shape index (κ3) is 2.56. The first-order chi connectivity index (χ1) is 7.79. The van der Waals surface area contributed by atoms with Gasteiger partial charge in [-0.25, -0.2) is 0 Å². The maximum atomic E-state index is 8.45. The third-order valence-electron chi connectivity index (χ3n) is 2.49. The van der Waals surface area contributed by atoms with E-state index in [0.717, 1.165) is 13.1 Å². The fourth-order valence-electron chi connectivity index (χ4n) is 1.60. The molecule has 1 unspecified atom stereocenters. The molecule has 0 aromatic carbocycles. The summed E-state index contributed by atoms with van der Waals surface area (Å²) in [7, 11) is 2.03. The molecule has 1 atom stereocenters. The van der Waals surface area contributed by atoms with Crippen molar-refractivity contribution in [1.82, 2.24) is 15.0 Å². The second kappa shape index (κ2) is 5.05. The Balaban J connectivity index is 1.98. The van der Waals surface area contributed by atoms with Crippen LogP contribution in [0.25, 0.3) is 0 Å². The molecular weight excluding hydrogens is 208 g/mol. The van der Waals surface area contributed by atoms with Crippen LogP contribution in [0.2, 0.25) is 0 Å². The van der Waals surface area contributed by atoms with Crippen LogP contribution in [0.15, 0.2) is 4.52 Å². The molecule has 1 aromatic heterocycles. The van der Waals surface area contributed by atoms with Crippen molar-refractivity contribution < 1.29 is 9.26 Å². The minimum Gasteiger partial charge on any atom is -0.367 e. The van der Waals surface area contributed by atoms with E-state index in [1.807, 2.05) is 13.1 Å². The van der Waals surface area contributed by atoms with Gasteiger partial charge in [-0.3, -0.25) is 0 Å². The van der Waals surface area contributed by atoms with Gasteiger partial charge in [-0.05, 0) is 7.05 Å². The highest BCUT2D eigenvalue weighted by atomic mass is 16.5. The number of hydrogen-bond donors (Lipinski definition) is 0. The average Bonchev–Trinajstić information content (AvgIpc) is 2.75. The van der Waals surface area contributed by atoms with Crippen molar-refractivity contribution in [2.45, 2.75) is 18.9 Å². The molecule has 0 radical (unpaired) electrons. The van der Waals surface area contributed by atoms with Crippen LogP contribution in [0.3, 0.4) is 0 Å². The highest BCUT2D eigenvalue weighted by molar-refractivity contribution is 4.95. The quantitative estimate of drug-likeness (QED) is 0.742. The van der Waals surface area contributed by atoms with Gasteiger partial charge in [0.25, 0.3) is 0 Å². The zero-order valence-electron chi connectivity index (χ0n) is 9.22. The summed E-state index contributed by atoms with van der Waals surface area (Å²) in [5.74, 6) is 1.09. The van der Waals surface area contributed by atoms with Gasteiger partial charge in [-0.1, -0.05) is 5.16 Å². The van der Waals surface area contributed by atoms with Crippen molar-refractivity contribution in [2.75, 3.05) is 26.7 Å². The topological polar surface area (TPSA) is 75.2 Å². The van der Waals surface area contributed by atoms with Crippen LogP contribution in [0.5, 0.6) is 0 Å². The predicted molar refractivity (Wildman–Crippen MR) is 54.4 cm³/mol. The molecule has 0 spiro atoms. The number of nitrogens with zero attached hydrogens (tertiary/aromatic N) is 4. The Morgan fingerprint density at radius 1 is 1.62 bits per heavy atom. The molecule has 1 aliphatic heterocycles. The van der Waals surface area contributed by atoms with Gasteiger partial charge in [0.1, 0.15) is 6.10 Å². The lowest BCUT2D eigenvalue weighted by molar-refractivity contribution is -0.0264. The Morgan fingerprint density at radius 3 is 3.25 bits per heavy atom. The molecule has 0 aliphatic carbocycles. The Kier molecular flexibility index (Phi) is 3.49. The van der Waals surface area contributed by atoms with E-state index >= 15 is 0 Å². The Labute approximate surface area is 93.8 Å². The van der Waals surface area contributed by atoms with Gasteiger partial charge in [-0.15, -0.1) is 0 Å². The summed E-state index contributed by atoms with van der Waals surface area (Å²) in [6, 6.07) is 2.04. The number of aromatic nitrogens is 2. The Hall–Kier alpha value is -1.45. The lowest BCUT2D eigenvalue weighted by atomic mass is 10.2. The molecule has 2 heterocycles. The number of aryl methyl sites for hydroxylation is 1. The zero-order chi connectivity index (χ0) is 11.4. The van der Waals surface area contributed by atoms with Gasteiger partial charge in [0.05, 0.1) is 12.7 Å². The highest BCUT2D eigenvalue weighted by Gasteiger charge is 2.24. The highest BCUT2D eigenvalue weighted by Crippen LogP contribution is 2.18.